The van der Waals surface area contributed by atoms with Crippen LogP contribution in [0.5, 0.6) is 0 Å². The molecule has 0 amide bonds. The lowest BCUT2D eigenvalue weighted by Gasteiger charge is -2.19. The second-order valence-corrected chi connectivity index (χ2v) is 4.95. The lowest BCUT2D eigenvalue weighted by atomic mass is 10.3. The second kappa shape index (κ2) is 7.22. The number of rotatable bonds is 7. The fraction of sp³-hybridized carbons (Fsp3) is 0.800. The Morgan fingerprint density at radius 1 is 1.21 bits per heavy atom. The summed E-state index contributed by atoms with van der Waals surface area (Å²) in [6, 6.07) is 0. The zero-order valence-corrected chi connectivity index (χ0v) is 10.5. The van der Waals surface area contributed by atoms with E-state index in [1.807, 2.05) is 33.8 Å². The van der Waals surface area contributed by atoms with Crippen LogP contribution in [0.4, 0.5) is 0 Å². The molecule has 0 bridgehead atoms. The molecule has 0 N–H and O–H groups in total. The molecule has 0 fully saturated rings. The van der Waals surface area contributed by atoms with Crippen LogP contribution in [0.2, 0.25) is 0 Å². The minimum atomic E-state index is -2.98. The van der Waals surface area contributed by atoms with Crippen molar-refractivity contribution in [3.8, 4) is 0 Å². The third-order valence-corrected chi connectivity index (χ3v) is 4.17. The predicted molar refractivity (Wildman–Crippen MR) is 59.5 cm³/mol. The van der Waals surface area contributed by atoms with Crippen LogP contribution in [0.15, 0.2) is 11.4 Å². The number of hydrogen-bond acceptors (Lipinski definition) is 3. The average molecular weight is 220 g/mol. The molecule has 0 aromatic rings. The highest BCUT2D eigenvalue weighted by molar-refractivity contribution is 7.58. The molecule has 0 saturated heterocycles. The Morgan fingerprint density at radius 3 is 2.00 bits per heavy atom. The first-order chi connectivity index (χ1) is 6.64. The molecule has 84 valence electrons. The molecule has 0 heterocycles. The Labute approximate surface area is 87.0 Å². The maximum Gasteiger partial charge on any atom is 0.356 e. The van der Waals surface area contributed by atoms with Crippen LogP contribution in [0.25, 0.3) is 0 Å². The molecular weight excluding hydrogens is 199 g/mol. The summed E-state index contributed by atoms with van der Waals surface area (Å²) in [5.74, 6) is 0. The Hall–Kier alpha value is -0.110. The first-order valence-electron chi connectivity index (χ1n) is 5.19. The predicted octanol–water partition coefficient (Wildman–Crippen LogP) is 3.96. The highest BCUT2D eigenvalue weighted by Crippen LogP contribution is 2.57. The molecule has 0 aromatic carbocycles. The van der Waals surface area contributed by atoms with Gasteiger partial charge in [-0.1, -0.05) is 19.4 Å². The summed E-state index contributed by atoms with van der Waals surface area (Å²) in [6.07, 6.45) is 3.56. The van der Waals surface area contributed by atoms with Gasteiger partial charge in [-0.25, -0.2) is 0 Å². The second-order valence-electron chi connectivity index (χ2n) is 2.86. The van der Waals surface area contributed by atoms with Crippen molar-refractivity contribution >= 4 is 7.60 Å². The lowest BCUT2D eigenvalue weighted by molar-refractivity contribution is 0.225. The summed E-state index contributed by atoms with van der Waals surface area (Å²) in [7, 11) is -2.98. The van der Waals surface area contributed by atoms with Crippen LogP contribution in [-0.4, -0.2) is 13.2 Å². The van der Waals surface area contributed by atoms with Gasteiger partial charge in [0.25, 0.3) is 0 Å². The zero-order valence-electron chi connectivity index (χ0n) is 9.58. The molecule has 14 heavy (non-hydrogen) atoms. The third-order valence-electron chi connectivity index (χ3n) is 1.79. The smallest absolute Gasteiger partial charge is 0.306 e. The first-order valence-corrected chi connectivity index (χ1v) is 6.73. The summed E-state index contributed by atoms with van der Waals surface area (Å²) in [5.41, 5.74) is 0. The summed E-state index contributed by atoms with van der Waals surface area (Å²) in [5, 5.41) is 0.795. The van der Waals surface area contributed by atoms with E-state index in [1.54, 1.807) is 0 Å². The van der Waals surface area contributed by atoms with Crippen molar-refractivity contribution in [2.75, 3.05) is 13.2 Å². The molecule has 0 rings (SSSR count). The van der Waals surface area contributed by atoms with Gasteiger partial charge in [0.05, 0.1) is 13.2 Å². The van der Waals surface area contributed by atoms with E-state index in [9.17, 15) is 4.57 Å². The van der Waals surface area contributed by atoms with E-state index < -0.39 is 7.60 Å². The molecule has 0 unspecified atom stereocenters. The van der Waals surface area contributed by atoms with Crippen molar-refractivity contribution in [1.82, 2.24) is 0 Å². The fourth-order valence-corrected chi connectivity index (χ4v) is 3.14. The third kappa shape index (κ3) is 3.95. The molecule has 0 aliphatic carbocycles. The van der Waals surface area contributed by atoms with E-state index in [0.717, 1.165) is 18.2 Å². The summed E-state index contributed by atoms with van der Waals surface area (Å²) in [4.78, 5) is 0. The molecule has 0 aromatic heterocycles. The minimum absolute atomic E-state index is 0.415. The maximum atomic E-state index is 12.2. The molecule has 0 saturated carbocycles. The normalized spacial score (nSPS) is 13.3. The molecule has 0 aliphatic rings. The van der Waals surface area contributed by atoms with Crippen molar-refractivity contribution in [2.24, 2.45) is 0 Å². The Morgan fingerprint density at radius 2 is 1.71 bits per heavy atom. The topological polar surface area (TPSA) is 35.5 Å². The van der Waals surface area contributed by atoms with Crippen molar-refractivity contribution in [3.05, 3.63) is 11.4 Å². The van der Waals surface area contributed by atoms with E-state index >= 15 is 0 Å². The van der Waals surface area contributed by atoms with Gasteiger partial charge in [0.2, 0.25) is 0 Å². The maximum absolute atomic E-state index is 12.2. The zero-order chi connectivity index (χ0) is 11.0. The van der Waals surface area contributed by atoms with Crippen LogP contribution in [0.1, 0.15) is 40.5 Å². The Balaban J connectivity index is 4.68. The fourth-order valence-electron chi connectivity index (χ4n) is 1.24. The van der Waals surface area contributed by atoms with E-state index in [-0.39, 0.29) is 0 Å². The van der Waals surface area contributed by atoms with Gasteiger partial charge in [0.15, 0.2) is 0 Å². The van der Waals surface area contributed by atoms with Gasteiger partial charge < -0.3 is 9.05 Å². The van der Waals surface area contributed by atoms with Crippen LogP contribution < -0.4 is 0 Å². The van der Waals surface area contributed by atoms with Crippen LogP contribution in [0, 0.1) is 0 Å². The van der Waals surface area contributed by atoms with E-state index in [2.05, 4.69) is 0 Å². The van der Waals surface area contributed by atoms with E-state index in [1.165, 1.54) is 0 Å². The molecule has 4 heteroatoms. The highest BCUT2D eigenvalue weighted by atomic mass is 31.2. The van der Waals surface area contributed by atoms with E-state index in [4.69, 9.17) is 9.05 Å². The van der Waals surface area contributed by atoms with Gasteiger partial charge in [-0.3, -0.25) is 4.57 Å². The van der Waals surface area contributed by atoms with Gasteiger partial charge in [-0.15, -0.1) is 0 Å². The van der Waals surface area contributed by atoms with Gasteiger partial charge in [-0.2, -0.15) is 0 Å². The molecule has 3 nitrogen and oxygen atoms in total. The highest BCUT2D eigenvalue weighted by Gasteiger charge is 2.27. The summed E-state index contributed by atoms with van der Waals surface area (Å²) in [6.45, 7) is 8.40. The SMILES string of the molecule is C/C=C(/CCC)P(=O)(OCC)OCC. The average Bonchev–Trinajstić information content (AvgIpc) is 2.14. The summed E-state index contributed by atoms with van der Waals surface area (Å²) >= 11 is 0. The number of hydrogen-bond donors (Lipinski definition) is 0. The van der Waals surface area contributed by atoms with Crippen molar-refractivity contribution in [2.45, 2.75) is 40.5 Å². The molecule has 0 radical (unpaired) electrons. The molecule has 0 aliphatic heterocycles. The van der Waals surface area contributed by atoms with Crippen LogP contribution in [-0.2, 0) is 13.6 Å². The standard InChI is InChI=1S/C10H21O3P/c1-5-9-10(6-2)14(11,12-7-3)13-8-4/h6H,5,7-9H2,1-4H3/b10-6-. The van der Waals surface area contributed by atoms with Gasteiger partial charge in [0.1, 0.15) is 0 Å². The van der Waals surface area contributed by atoms with E-state index in [0.29, 0.717) is 13.2 Å². The Kier molecular flexibility index (Phi) is 7.16. The van der Waals surface area contributed by atoms with Crippen LogP contribution >= 0.6 is 7.60 Å². The van der Waals surface area contributed by atoms with Gasteiger partial charge in [-0.05, 0) is 27.2 Å². The van der Waals surface area contributed by atoms with Crippen molar-refractivity contribution < 1.29 is 13.6 Å². The molecule has 0 atom stereocenters. The molecular formula is C10H21O3P. The largest absolute Gasteiger partial charge is 0.356 e. The molecule has 0 spiro atoms. The lowest BCUT2D eigenvalue weighted by Crippen LogP contribution is -1.98. The number of allylic oxidation sites excluding steroid dienone is 2. The van der Waals surface area contributed by atoms with Crippen molar-refractivity contribution in [1.29, 1.82) is 0 Å². The Bertz CT molecular complexity index is 213. The monoisotopic (exact) mass is 220 g/mol. The van der Waals surface area contributed by atoms with Gasteiger partial charge >= 0.3 is 7.60 Å². The van der Waals surface area contributed by atoms with Gasteiger partial charge in [0, 0.05) is 5.31 Å². The van der Waals surface area contributed by atoms with Crippen LogP contribution in [0.3, 0.4) is 0 Å². The summed E-state index contributed by atoms with van der Waals surface area (Å²) < 4.78 is 22.7. The minimum Gasteiger partial charge on any atom is -0.306 e. The first kappa shape index (κ1) is 13.9. The van der Waals surface area contributed by atoms with Crippen molar-refractivity contribution in [3.63, 3.8) is 0 Å². The quantitative estimate of drug-likeness (QED) is 0.609.